The third-order valence-corrected chi connectivity index (χ3v) is 6.59. The number of carbonyl (C=O) groups excluding carboxylic acids is 2. The highest BCUT2D eigenvalue weighted by Gasteiger charge is 2.39. The third kappa shape index (κ3) is 5.46. The molecule has 3 aliphatic rings. The summed E-state index contributed by atoms with van der Waals surface area (Å²) >= 11 is 0. The Morgan fingerprint density at radius 1 is 1.41 bits per heavy atom. The molecule has 7 atom stereocenters. The van der Waals surface area contributed by atoms with E-state index in [0.717, 1.165) is 25.8 Å². The predicted molar refractivity (Wildman–Crippen MR) is 111 cm³/mol. The van der Waals surface area contributed by atoms with Gasteiger partial charge in [-0.15, -0.1) is 0 Å². The van der Waals surface area contributed by atoms with Crippen LogP contribution in [-0.2, 0) is 18.8 Å². The lowest BCUT2D eigenvalue weighted by atomic mass is 9.99. The molecule has 0 radical (unpaired) electrons. The normalized spacial score (nSPS) is 35.3. The molecule has 166 valence electrons. The van der Waals surface area contributed by atoms with E-state index in [9.17, 15) is 14.7 Å². The highest BCUT2D eigenvalue weighted by atomic mass is 31.0. The van der Waals surface area contributed by atoms with Crippen LogP contribution >= 0.6 is 9.47 Å². The van der Waals surface area contributed by atoms with E-state index in [2.05, 4.69) is 20.1 Å². The number of carbonyl (C=O) groups is 2. The first-order valence-electron chi connectivity index (χ1n) is 10.6. The van der Waals surface area contributed by atoms with Gasteiger partial charge in [0.15, 0.2) is 6.29 Å². The molecule has 3 aliphatic heterocycles. The summed E-state index contributed by atoms with van der Waals surface area (Å²) in [6.07, 6.45) is 1.68. The zero-order valence-corrected chi connectivity index (χ0v) is 18.5. The first-order valence-corrected chi connectivity index (χ1v) is 11.1. The Morgan fingerprint density at radius 3 is 2.90 bits per heavy atom. The van der Waals surface area contributed by atoms with E-state index in [-0.39, 0.29) is 35.9 Å². The molecule has 0 saturated carbocycles. The molecule has 9 nitrogen and oxygen atoms in total. The number of likely N-dealkylation sites (N-methyl/N-ethyl adjacent to an activating group) is 1. The molecule has 2 amide bonds. The molecule has 3 N–H and O–H groups in total. The molecule has 0 bridgehead atoms. The van der Waals surface area contributed by atoms with Crippen LogP contribution in [0.15, 0.2) is 0 Å². The first-order chi connectivity index (χ1) is 13.9. The van der Waals surface area contributed by atoms with E-state index in [0.29, 0.717) is 32.6 Å². The smallest absolute Gasteiger partial charge is 0.242 e. The fourth-order valence-electron chi connectivity index (χ4n) is 4.62. The fraction of sp³-hybridized carbons (Fsp3) is 0.895. The summed E-state index contributed by atoms with van der Waals surface area (Å²) in [4.78, 5) is 29.2. The van der Waals surface area contributed by atoms with Gasteiger partial charge in [0, 0.05) is 41.7 Å². The van der Waals surface area contributed by atoms with Gasteiger partial charge < -0.3 is 29.9 Å². The second-order valence-corrected chi connectivity index (χ2v) is 8.67. The van der Waals surface area contributed by atoms with Gasteiger partial charge in [-0.25, -0.2) is 0 Å². The average Bonchev–Trinajstić information content (AvgIpc) is 3.40. The lowest BCUT2D eigenvalue weighted by Crippen LogP contribution is -2.55. The van der Waals surface area contributed by atoms with E-state index >= 15 is 0 Å². The van der Waals surface area contributed by atoms with Crippen molar-refractivity contribution in [3.8, 4) is 0 Å². The Labute approximate surface area is 175 Å². The number of nitrogens with one attached hydrogen (secondary N) is 2. The van der Waals surface area contributed by atoms with Crippen molar-refractivity contribution in [2.45, 2.75) is 63.2 Å². The molecule has 29 heavy (non-hydrogen) atoms. The maximum absolute atomic E-state index is 12.7. The quantitative estimate of drug-likeness (QED) is 0.459. The monoisotopic (exact) mass is 430 g/mol. The molecule has 0 spiro atoms. The van der Waals surface area contributed by atoms with Crippen LogP contribution in [0.1, 0.15) is 32.6 Å². The van der Waals surface area contributed by atoms with Crippen LogP contribution in [0.2, 0.25) is 0 Å². The summed E-state index contributed by atoms with van der Waals surface area (Å²) in [6, 6.07) is -0.474. The second kappa shape index (κ2) is 10.5. The van der Waals surface area contributed by atoms with E-state index in [1.54, 1.807) is 4.90 Å². The number of aliphatic hydroxyl groups excluding tert-OH is 1. The van der Waals surface area contributed by atoms with Gasteiger partial charge >= 0.3 is 0 Å². The number of hydrogen-bond donors (Lipinski definition) is 3. The first kappa shape index (κ1) is 22.8. The fourth-order valence-corrected chi connectivity index (χ4v) is 4.85. The van der Waals surface area contributed by atoms with Crippen molar-refractivity contribution in [3.05, 3.63) is 0 Å². The Kier molecular flexibility index (Phi) is 8.24. The molecule has 3 heterocycles. The maximum Gasteiger partial charge on any atom is 0.242 e. The maximum atomic E-state index is 12.7. The van der Waals surface area contributed by atoms with Gasteiger partial charge in [-0.1, -0.05) is 0 Å². The number of amides is 2. The molecule has 0 aliphatic carbocycles. The lowest BCUT2D eigenvalue weighted by molar-refractivity contribution is -0.214. The highest BCUT2D eigenvalue weighted by Crippen LogP contribution is 2.26. The summed E-state index contributed by atoms with van der Waals surface area (Å²) in [5.74, 6) is 0.0215. The number of aliphatic hydroxyl groups is 1. The van der Waals surface area contributed by atoms with Crippen LogP contribution in [0.3, 0.4) is 0 Å². The van der Waals surface area contributed by atoms with Gasteiger partial charge in [-0.2, -0.15) is 0 Å². The standard InChI is InChI=1S/C19H35N4O5P/c1-12-10-15(16(24)19(27-12)28-29)22(2)9-7-21-17(25)14-4-3-8-23(14)18(26)13-5-6-20-11-13/h12-16,19-20,24H,3-11,29H2,1-2H3,(H,21,25)/t12-,13?,14-,15+,16-,19+/m1/s1. The summed E-state index contributed by atoms with van der Waals surface area (Å²) < 4.78 is 10.7. The van der Waals surface area contributed by atoms with E-state index in [1.165, 1.54) is 0 Å². The van der Waals surface area contributed by atoms with Crippen molar-refractivity contribution >= 4 is 21.3 Å². The van der Waals surface area contributed by atoms with Gasteiger partial charge in [0.1, 0.15) is 12.1 Å². The number of rotatable bonds is 7. The average molecular weight is 430 g/mol. The SMILES string of the molecule is C[C@@H]1C[C@H](N(C)CCNC(=O)[C@H]2CCCN2C(=O)C2CCNC2)[C@@H](O)[C@H](OP)O1. The summed E-state index contributed by atoms with van der Waals surface area (Å²) in [5, 5.41) is 16.7. The Balaban J connectivity index is 1.46. The number of nitrogens with zero attached hydrogens (tertiary/aromatic N) is 2. The van der Waals surface area contributed by atoms with Crippen molar-refractivity contribution in [3.63, 3.8) is 0 Å². The molecule has 3 fully saturated rings. The van der Waals surface area contributed by atoms with Crippen molar-refractivity contribution in [2.75, 3.05) is 39.8 Å². The van der Waals surface area contributed by atoms with Crippen molar-refractivity contribution in [1.82, 2.24) is 20.4 Å². The zero-order valence-electron chi connectivity index (χ0n) is 17.4. The Morgan fingerprint density at radius 2 is 2.21 bits per heavy atom. The molecular weight excluding hydrogens is 395 g/mol. The van der Waals surface area contributed by atoms with Crippen molar-refractivity contribution in [1.29, 1.82) is 0 Å². The molecule has 10 heteroatoms. The summed E-state index contributed by atoms with van der Waals surface area (Å²) in [7, 11) is 4.07. The number of likely N-dealkylation sites (tertiary alicyclic amines) is 1. The van der Waals surface area contributed by atoms with E-state index < -0.39 is 12.4 Å². The number of ether oxygens (including phenoxy) is 1. The molecule has 3 saturated heterocycles. The molecule has 3 rings (SSSR count). The van der Waals surface area contributed by atoms with Crippen LogP contribution in [0.25, 0.3) is 0 Å². The van der Waals surface area contributed by atoms with Crippen LogP contribution in [0.5, 0.6) is 0 Å². The van der Waals surface area contributed by atoms with E-state index in [4.69, 9.17) is 9.26 Å². The Bertz CT molecular complexity index is 577. The topological polar surface area (TPSA) is 103 Å². The van der Waals surface area contributed by atoms with Crippen LogP contribution in [0.4, 0.5) is 0 Å². The van der Waals surface area contributed by atoms with Crippen molar-refractivity contribution < 1.29 is 24.0 Å². The second-order valence-electron chi connectivity index (χ2n) is 8.40. The minimum absolute atomic E-state index is 0.00146. The van der Waals surface area contributed by atoms with Crippen LogP contribution in [0, 0.1) is 5.92 Å². The van der Waals surface area contributed by atoms with Gasteiger partial charge in [-0.05, 0) is 46.2 Å². The van der Waals surface area contributed by atoms with Gasteiger partial charge in [0.05, 0.1) is 12.0 Å². The minimum Gasteiger partial charge on any atom is -0.386 e. The van der Waals surface area contributed by atoms with E-state index in [1.807, 2.05) is 18.9 Å². The molecule has 0 aromatic heterocycles. The number of hydrogen-bond acceptors (Lipinski definition) is 7. The Hall–Kier alpha value is -0.830. The largest absolute Gasteiger partial charge is 0.386 e. The third-order valence-electron chi connectivity index (χ3n) is 6.33. The van der Waals surface area contributed by atoms with Crippen LogP contribution in [-0.4, -0.2) is 97.1 Å². The molecule has 0 aromatic carbocycles. The lowest BCUT2D eigenvalue weighted by Gasteiger charge is -2.41. The predicted octanol–water partition coefficient (Wildman–Crippen LogP) is -0.694. The highest BCUT2D eigenvalue weighted by molar-refractivity contribution is 7.09. The summed E-state index contributed by atoms with van der Waals surface area (Å²) in [5.41, 5.74) is 0. The molecular formula is C19H35N4O5P. The molecule has 2 unspecified atom stereocenters. The van der Waals surface area contributed by atoms with Gasteiger partial charge in [-0.3, -0.25) is 14.5 Å². The summed E-state index contributed by atoms with van der Waals surface area (Å²) in [6.45, 7) is 5.25. The zero-order chi connectivity index (χ0) is 21.0. The van der Waals surface area contributed by atoms with Gasteiger partial charge in [0.2, 0.25) is 11.8 Å². The van der Waals surface area contributed by atoms with Crippen molar-refractivity contribution in [2.24, 2.45) is 5.92 Å². The van der Waals surface area contributed by atoms with Crippen LogP contribution < -0.4 is 10.6 Å². The minimum atomic E-state index is -0.757. The van der Waals surface area contributed by atoms with Gasteiger partial charge in [0.25, 0.3) is 0 Å². The molecule has 0 aromatic rings.